The van der Waals surface area contributed by atoms with Crippen molar-refractivity contribution in [2.24, 2.45) is 5.14 Å². The van der Waals surface area contributed by atoms with E-state index in [1.54, 1.807) is 0 Å². The fourth-order valence-corrected chi connectivity index (χ4v) is 3.73. The van der Waals surface area contributed by atoms with Crippen molar-refractivity contribution in [3.63, 3.8) is 0 Å². The molecular formula is C15H32N2O2S. The average molecular weight is 305 g/mol. The summed E-state index contributed by atoms with van der Waals surface area (Å²) in [5, 5.41) is 8.14. The van der Waals surface area contributed by atoms with Crippen molar-refractivity contribution in [1.82, 2.24) is 5.32 Å². The van der Waals surface area contributed by atoms with Gasteiger partial charge in [-0.2, -0.15) is 0 Å². The number of sulfonamides is 1. The molecule has 0 aromatic carbocycles. The zero-order valence-corrected chi connectivity index (χ0v) is 13.8. The first-order chi connectivity index (χ1) is 9.54. The second-order valence-corrected chi connectivity index (χ2v) is 8.00. The first-order valence-corrected chi connectivity index (χ1v) is 9.90. The number of hydrogen-bond acceptors (Lipinski definition) is 3. The van der Waals surface area contributed by atoms with E-state index in [0.29, 0.717) is 19.0 Å². The van der Waals surface area contributed by atoms with Gasteiger partial charge < -0.3 is 5.32 Å². The highest BCUT2D eigenvalue weighted by molar-refractivity contribution is 7.89. The SMILES string of the molecule is CCCCCCCCCCC1CCC(S(N)(=O)=O)CN1. The van der Waals surface area contributed by atoms with Gasteiger partial charge in [-0.05, 0) is 19.3 Å². The van der Waals surface area contributed by atoms with Gasteiger partial charge in [0.1, 0.15) is 0 Å². The maximum absolute atomic E-state index is 11.2. The Bertz CT molecular complexity index is 336. The summed E-state index contributed by atoms with van der Waals surface area (Å²) < 4.78 is 22.5. The molecule has 0 aromatic rings. The Morgan fingerprint density at radius 3 is 2.10 bits per heavy atom. The number of hydrogen-bond donors (Lipinski definition) is 2. The summed E-state index contributed by atoms with van der Waals surface area (Å²) in [6.45, 7) is 2.78. The minimum absolute atomic E-state index is 0.377. The van der Waals surface area contributed by atoms with Crippen LogP contribution in [0, 0.1) is 0 Å². The normalized spacial score (nSPS) is 23.9. The van der Waals surface area contributed by atoms with Gasteiger partial charge >= 0.3 is 0 Å². The van der Waals surface area contributed by atoms with E-state index < -0.39 is 10.0 Å². The molecule has 1 fully saturated rings. The first kappa shape index (κ1) is 17.9. The summed E-state index contributed by atoms with van der Waals surface area (Å²) in [6, 6.07) is 0.494. The lowest BCUT2D eigenvalue weighted by Gasteiger charge is -2.28. The van der Waals surface area contributed by atoms with E-state index in [0.717, 1.165) is 6.42 Å². The lowest BCUT2D eigenvalue weighted by molar-refractivity contribution is 0.368. The molecular weight excluding hydrogens is 272 g/mol. The van der Waals surface area contributed by atoms with Crippen LogP contribution in [0.15, 0.2) is 0 Å². The monoisotopic (exact) mass is 304 g/mol. The van der Waals surface area contributed by atoms with Crippen LogP contribution in [0.2, 0.25) is 0 Å². The predicted octanol–water partition coefficient (Wildman–Crippen LogP) is 2.93. The van der Waals surface area contributed by atoms with Gasteiger partial charge in [0, 0.05) is 12.6 Å². The fraction of sp³-hybridized carbons (Fsp3) is 1.00. The number of nitrogens with one attached hydrogen (secondary N) is 1. The molecule has 20 heavy (non-hydrogen) atoms. The van der Waals surface area contributed by atoms with Crippen LogP contribution in [0.1, 0.15) is 77.6 Å². The molecule has 5 heteroatoms. The van der Waals surface area contributed by atoms with Crippen molar-refractivity contribution < 1.29 is 8.42 Å². The van der Waals surface area contributed by atoms with Gasteiger partial charge in [0.05, 0.1) is 5.25 Å². The summed E-state index contributed by atoms with van der Waals surface area (Å²) >= 11 is 0. The molecule has 1 heterocycles. The fourth-order valence-electron chi connectivity index (χ4n) is 2.94. The van der Waals surface area contributed by atoms with Crippen LogP contribution in [0.5, 0.6) is 0 Å². The zero-order valence-electron chi connectivity index (χ0n) is 12.9. The third-order valence-electron chi connectivity index (χ3n) is 4.34. The molecule has 0 radical (unpaired) electrons. The summed E-state index contributed by atoms with van der Waals surface area (Å²) in [5.74, 6) is 0. The lowest BCUT2D eigenvalue weighted by Crippen LogP contribution is -2.46. The van der Waals surface area contributed by atoms with Crippen molar-refractivity contribution in [3.8, 4) is 0 Å². The number of primary sulfonamides is 1. The molecule has 1 aliphatic heterocycles. The number of piperidine rings is 1. The van der Waals surface area contributed by atoms with Crippen LogP contribution >= 0.6 is 0 Å². The van der Waals surface area contributed by atoms with Crippen LogP contribution in [0.3, 0.4) is 0 Å². The summed E-state index contributed by atoms with van der Waals surface area (Å²) in [5.41, 5.74) is 0. The smallest absolute Gasteiger partial charge is 0.213 e. The van der Waals surface area contributed by atoms with Crippen molar-refractivity contribution in [1.29, 1.82) is 0 Å². The van der Waals surface area contributed by atoms with Crippen LogP contribution in [-0.4, -0.2) is 26.3 Å². The summed E-state index contributed by atoms with van der Waals surface area (Å²) in [6.07, 6.45) is 13.6. The van der Waals surface area contributed by atoms with E-state index in [1.807, 2.05) is 0 Å². The maximum atomic E-state index is 11.2. The molecule has 2 atom stereocenters. The van der Waals surface area contributed by atoms with E-state index in [4.69, 9.17) is 5.14 Å². The van der Waals surface area contributed by atoms with E-state index in [2.05, 4.69) is 12.2 Å². The van der Waals surface area contributed by atoms with Gasteiger partial charge in [0.25, 0.3) is 0 Å². The van der Waals surface area contributed by atoms with Crippen molar-refractivity contribution in [2.45, 2.75) is 88.8 Å². The molecule has 0 spiro atoms. The molecule has 0 bridgehead atoms. The second-order valence-electron chi connectivity index (χ2n) is 6.16. The second kappa shape index (κ2) is 9.74. The number of nitrogens with two attached hydrogens (primary N) is 1. The van der Waals surface area contributed by atoms with Crippen molar-refractivity contribution in [2.75, 3.05) is 6.54 Å². The molecule has 0 saturated carbocycles. The van der Waals surface area contributed by atoms with Gasteiger partial charge in [-0.1, -0.05) is 58.3 Å². The molecule has 1 rings (SSSR count). The zero-order chi connectivity index (χ0) is 14.8. The predicted molar refractivity (Wildman–Crippen MR) is 85.1 cm³/mol. The number of unbranched alkanes of at least 4 members (excludes halogenated alkanes) is 7. The molecule has 3 N–H and O–H groups in total. The molecule has 4 nitrogen and oxygen atoms in total. The molecule has 1 saturated heterocycles. The summed E-state index contributed by atoms with van der Waals surface area (Å²) in [4.78, 5) is 0. The molecule has 2 unspecified atom stereocenters. The van der Waals surface area contributed by atoms with E-state index in [-0.39, 0.29) is 5.25 Å². The first-order valence-electron chi connectivity index (χ1n) is 8.29. The molecule has 0 aromatic heterocycles. The highest BCUT2D eigenvalue weighted by Gasteiger charge is 2.27. The van der Waals surface area contributed by atoms with Gasteiger partial charge in [-0.15, -0.1) is 0 Å². The Kier molecular flexibility index (Phi) is 8.73. The van der Waals surface area contributed by atoms with Crippen molar-refractivity contribution >= 4 is 10.0 Å². The highest BCUT2D eigenvalue weighted by atomic mass is 32.2. The van der Waals surface area contributed by atoms with Crippen LogP contribution in [0.4, 0.5) is 0 Å². The minimum Gasteiger partial charge on any atom is -0.313 e. The van der Waals surface area contributed by atoms with Crippen LogP contribution < -0.4 is 10.5 Å². The van der Waals surface area contributed by atoms with Gasteiger partial charge in [-0.3, -0.25) is 0 Å². The highest BCUT2D eigenvalue weighted by Crippen LogP contribution is 2.18. The molecule has 0 amide bonds. The minimum atomic E-state index is -3.35. The van der Waals surface area contributed by atoms with Gasteiger partial charge in [-0.25, -0.2) is 13.6 Å². The van der Waals surface area contributed by atoms with Crippen molar-refractivity contribution in [3.05, 3.63) is 0 Å². The average Bonchev–Trinajstić information content (AvgIpc) is 2.41. The Hall–Kier alpha value is -0.130. The third kappa shape index (κ3) is 7.60. The quantitative estimate of drug-likeness (QED) is 0.610. The Morgan fingerprint density at radius 2 is 1.60 bits per heavy atom. The summed E-state index contributed by atoms with van der Waals surface area (Å²) in [7, 11) is -3.35. The Morgan fingerprint density at radius 1 is 1.00 bits per heavy atom. The Balaban J connectivity index is 1.97. The van der Waals surface area contributed by atoms with E-state index in [1.165, 1.54) is 57.8 Å². The maximum Gasteiger partial charge on any atom is 0.213 e. The van der Waals surface area contributed by atoms with Crippen LogP contribution in [0.25, 0.3) is 0 Å². The van der Waals surface area contributed by atoms with Gasteiger partial charge in [0.15, 0.2) is 0 Å². The topological polar surface area (TPSA) is 72.2 Å². The van der Waals surface area contributed by atoms with Gasteiger partial charge in [0.2, 0.25) is 10.0 Å². The molecule has 1 aliphatic rings. The standard InChI is InChI=1S/C15H32N2O2S/c1-2-3-4-5-6-7-8-9-10-14-11-12-15(13-17-14)20(16,18)19/h14-15,17H,2-13H2,1H3,(H2,16,18,19). The Labute approximate surface area is 124 Å². The third-order valence-corrected chi connectivity index (χ3v) is 5.67. The molecule has 120 valence electrons. The largest absolute Gasteiger partial charge is 0.313 e. The number of rotatable bonds is 10. The lowest BCUT2D eigenvalue weighted by atomic mass is 9.98. The van der Waals surface area contributed by atoms with Crippen LogP contribution in [-0.2, 0) is 10.0 Å². The van der Waals surface area contributed by atoms with E-state index >= 15 is 0 Å². The van der Waals surface area contributed by atoms with E-state index in [9.17, 15) is 8.42 Å². The molecule has 0 aliphatic carbocycles.